The largest absolute Gasteiger partial charge is 0.478 e. The molecule has 0 atom stereocenters. The Hall–Kier alpha value is -1.48. The Morgan fingerprint density at radius 1 is 0.765 bits per heavy atom. The fourth-order valence-electron chi connectivity index (χ4n) is 0.443. The van der Waals surface area contributed by atoms with E-state index in [2.05, 4.69) is 0 Å². The Morgan fingerprint density at radius 2 is 1.00 bits per heavy atom. The van der Waals surface area contributed by atoms with E-state index in [1.165, 1.54) is 0 Å². The molecule has 0 fully saturated rings. The fraction of sp³-hybridized carbons (Fsp3) is 0.556. The first-order valence-electron chi connectivity index (χ1n) is 4.45. The Labute approximate surface area is 97.1 Å². The molecule has 8 nitrogen and oxygen atoms in total. The molecule has 8 heteroatoms. The summed E-state index contributed by atoms with van der Waals surface area (Å²) in [5.74, 6) is -2.51. The van der Waals surface area contributed by atoms with Crippen molar-refractivity contribution in [1.29, 1.82) is 0 Å². The molecule has 0 bridgehead atoms. The molecule has 0 unspecified atom stereocenters. The van der Waals surface area contributed by atoms with E-state index in [-0.39, 0.29) is 0 Å². The number of rotatable bonds is 6. The van der Waals surface area contributed by atoms with E-state index < -0.39 is 43.8 Å². The number of carboxylic acid groups (broad SMARTS) is 2. The lowest BCUT2D eigenvalue weighted by Gasteiger charge is -2.23. The Bertz CT molecular complexity index is 222. The van der Waals surface area contributed by atoms with Crippen molar-refractivity contribution in [3.8, 4) is 0 Å². The summed E-state index contributed by atoms with van der Waals surface area (Å²) >= 11 is 0. The van der Waals surface area contributed by atoms with Gasteiger partial charge in [0, 0.05) is 12.2 Å². The van der Waals surface area contributed by atoms with Gasteiger partial charge in [0.25, 0.3) is 0 Å². The van der Waals surface area contributed by atoms with Crippen LogP contribution in [-0.2, 0) is 9.59 Å². The summed E-state index contributed by atoms with van der Waals surface area (Å²) in [4.78, 5) is 19.1. The summed E-state index contributed by atoms with van der Waals surface area (Å²) in [6.07, 6.45) is 1.12. The van der Waals surface area contributed by atoms with E-state index in [1.54, 1.807) is 0 Å². The van der Waals surface area contributed by atoms with E-state index in [9.17, 15) is 9.59 Å². The van der Waals surface area contributed by atoms with Crippen LogP contribution in [0.1, 0.15) is 0 Å². The van der Waals surface area contributed by atoms with Crippen LogP contribution >= 0.6 is 0 Å². The van der Waals surface area contributed by atoms with Gasteiger partial charge in [-0.3, -0.25) is 0 Å². The highest BCUT2D eigenvalue weighted by atomic mass is 16.4. The average molecular weight is 252 g/mol. The van der Waals surface area contributed by atoms with Crippen molar-refractivity contribution in [2.75, 3.05) is 26.4 Å². The highest BCUT2D eigenvalue weighted by Gasteiger charge is 2.26. The first kappa shape index (κ1) is 17.9. The van der Waals surface area contributed by atoms with Crippen LogP contribution in [-0.4, -0.2) is 69.0 Å². The van der Waals surface area contributed by atoms with E-state index in [0.29, 0.717) is 12.2 Å². The van der Waals surface area contributed by atoms with Crippen LogP contribution < -0.4 is 0 Å². The van der Waals surface area contributed by atoms with Crippen molar-refractivity contribution < 1.29 is 40.2 Å². The third-order valence-corrected chi connectivity index (χ3v) is 1.71. The number of carboxylic acids is 2. The predicted molar refractivity (Wildman–Crippen MR) is 55.2 cm³/mol. The highest BCUT2D eigenvalue weighted by Crippen LogP contribution is 2.11. The normalized spacial score (nSPS) is 10.8. The lowest BCUT2D eigenvalue weighted by atomic mass is 9.93. The molecule has 0 aromatic heterocycles. The number of aliphatic carboxylic acids is 2. The molecule has 0 amide bonds. The second-order valence-electron chi connectivity index (χ2n) is 3.14. The van der Waals surface area contributed by atoms with E-state index in [4.69, 9.17) is 30.6 Å². The predicted octanol–water partition coefficient (Wildman–Crippen LogP) is -2.35. The quantitative estimate of drug-likeness (QED) is 0.287. The van der Waals surface area contributed by atoms with Crippen molar-refractivity contribution in [3.63, 3.8) is 0 Å². The molecule has 0 aliphatic heterocycles. The van der Waals surface area contributed by atoms with Crippen LogP contribution in [0.25, 0.3) is 0 Å². The summed E-state index contributed by atoms with van der Waals surface area (Å²) < 4.78 is 0. The van der Waals surface area contributed by atoms with Crippen LogP contribution in [0.15, 0.2) is 12.2 Å². The fourth-order valence-corrected chi connectivity index (χ4v) is 0.443. The molecular weight excluding hydrogens is 236 g/mol. The molecule has 6 N–H and O–H groups in total. The first-order valence-corrected chi connectivity index (χ1v) is 4.45. The third-order valence-electron chi connectivity index (χ3n) is 1.71. The summed E-state index contributed by atoms with van der Waals surface area (Å²) in [7, 11) is 0. The lowest BCUT2D eigenvalue weighted by molar-refractivity contribution is -0.134. The van der Waals surface area contributed by atoms with Crippen molar-refractivity contribution in [2.24, 2.45) is 5.41 Å². The maximum atomic E-state index is 9.55. The second kappa shape index (κ2) is 9.73. The molecule has 0 aromatic rings. The Morgan fingerprint density at radius 3 is 1.06 bits per heavy atom. The molecule has 0 radical (unpaired) electrons. The van der Waals surface area contributed by atoms with Gasteiger partial charge in [-0.05, 0) is 0 Å². The molecule has 0 saturated heterocycles. The smallest absolute Gasteiger partial charge is 0.328 e. The zero-order chi connectivity index (χ0) is 13.9. The number of aliphatic hydroxyl groups excluding tert-OH is 4. The Kier molecular flexibility index (Phi) is 10.2. The molecule has 100 valence electrons. The number of carbonyl (C=O) groups is 2. The van der Waals surface area contributed by atoms with Gasteiger partial charge in [0.05, 0.1) is 31.8 Å². The van der Waals surface area contributed by atoms with E-state index >= 15 is 0 Å². The van der Waals surface area contributed by atoms with Gasteiger partial charge in [0.2, 0.25) is 0 Å². The first-order chi connectivity index (χ1) is 7.87. The van der Waals surface area contributed by atoms with Crippen molar-refractivity contribution in [3.05, 3.63) is 12.2 Å². The van der Waals surface area contributed by atoms with Crippen LogP contribution in [0.5, 0.6) is 0 Å². The zero-order valence-electron chi connectivity index (χ0n) is 8.98. The molecular formula is C9H16O8. The topological polar surface area (TPSA) is 156 Å². The van der Waals surface area contributed by atoms with Crippen molar-refractivity contribution >= 4 is 11.9 Å². The summed E-state index contributed by atoms with van der Waals surface area (Å²) in [5.41, 5.74) is -1.11. The molecule has 0 rings (SSSR count). The van der Waals surface area contributed by atoms with Crippen LogP contribution in [0.3, 0.4) is 0 Å². The van der Waals surface area contributed by atoms with Gasteiger partial charge < -0.3 is 30.6 Å². The van der Waals surface area contributed by atoms with Crippen LogP contribution in [0, 0.1) is 5.41 Å². The van der Waals surface area contributed by atoms with E-state index in [0.717, 1.165) is 0 Å². The van der Waals surface area contributed by atoms with Crippen LogP contribution in [0.4, 0.5) is 0 Å². The highest BCUT2D eigenvalue weighted by molar-refractivity contribution is 5.89. The maximum Gasteiger partial charge on any atom is 0.328 e. The maximum absolute atomic E-state index is 9.55. The van der Waals surface area contributed by atoms with Gasteiger partial charge in [-0.25, -0.2) is 9.59 Å². The van der Waals surface area contributed by atoms with Gasteiger partial charge >= 0.3 is 11.9 Å². The van der Waals surface area contributed by atoms with Gasteiger partial charge in [-0.2, -0.15) is 0 Å². The molecule has 0 heterocycles. The van der Waals surface area contributed by atoms with Gasteiger partial charge in [0.15, 0.2) is 0 Å². The summed E-state index contributed by atoms with van der Waals surface area (Å²) in [6, 6.07) is 0. The molecule has 0 saturated carbocycles. The van der Waals surface area contributed by atoms with E-state index in [1.807, 2.05) is 0 Å². The zero-order valence-corrected chi connectivity index (χ0v) is 8.98. The minimum Gasteiger partial charge on any atom is -0.478 e. The monoisotopic (exact) mass is 252 g/mol. The molecule has 0 aliphatic rings. The standard InChI is InChI=1S/C5H12O4.C4H4O4/c6-1-5(2-7,3-8)4-9;5-3(6)1-2-4(7)8/h6-9H,1-4H2;1-2H,(H,5,6)(H,7,8)/b;2-1-. The molecule has 0 aromatic carbocycles. The van der Waals surface area contributed by atoms with Gasteiger partial charge in [-0.1, -0.05) is 0 Å². The number of aliphatic hydroxyl groups is 4. The van der Waals surface area contributed by atoms with Gasteiger partial charge in [-0.15, -0.1) is 0 Å². The minimum atomic E-state index is -1.26. The SMILES string of the molecule is O=C(O)/C=C\C(=O)O.OCC(CO)(CO)CO. The second-order valence-corrected chi connectivity index (χ2v) is 3.14. The van der Waals surface area contributed by atoms with Crippen molar-refractivity contribution in [1.82, 2.24) is 0 Å². The van der Waals surface area contributed by atoms with Crippen LogP contribution in [0.2, 0.25) is 0 Å². The summed E-state index contributed by atoms with van der Waals surface area (Å²) in [6.45, 7) is -1.62. The molecule has 0 aliphatic carbocycles. The third kappa shape index (κ3) is 9.45. The minimum absolute atomic E-state index is 0.406. The number of hydrogen-bond acceptors (Lipinski definition) is 6. The average Bonchev–Trinajstić information content (AvgIpc) is 2.31. The lowest BCUT2D eigenvalue weighted by Crippen LogP contribution is -2.37. The molecule has 0 spiro atoms. The number of hydrogen-bond donors (Lipinski definition) is 6. The molecule has 17 heavy (non-hydrogen) atoms. The Balaban J connectivity index is 0. The van der Waals surface area contributed by atoms with Gasteiger partial charge in [0.1, 0.15) is 0 Å². The summed E-state index contributed by atoms with van der Waals surface area (Å²) in [5, 5.41) is 49.6. The van der Waals surface area contributed by atoms with Crippen molar-refractivity contribution in [2.45, 2.75) is 0 Å².